The monoisotopic (exact) mass is 397 g/mol. The molecular weight excluding hydrogens is 374 g/mol. The molecule has 1 amide bonds. The van der Waals surface area contributed by atoms with Gasteiger partial charge in [0.2, 0.25) is 5.91 Å². The van der Waals surface area contributed by atoms with Gasteiger partial charge in [-0.15, -0.1) is 0 Å². The van der Waals surface area contributed by atoms with Gasteiger partial charge in [-0.2, -0.15) is 0 Å². The van der Waals surface area contributed by atoms with Gasteiger partial charge in [-0.05, 0) is 55.2 Å². The lowest BCUT2D eigenvalue weighted by atomic mass is 10.0. The minimum atomic E-state index is 0.141. The molecule has 0 radical (unpaired) electrons. The Kier molecular flexibility index (Phi) is 5.53. The summed E-state index contributed by atoms with van der Waals surface area (Å²) in [6.45, 7) is 4.46. The Hall–Kier alpha value is -2.53. The molecule has 146 valence electrons. The third kappa shape index (κ3) is 4.14. The van der Waals surface area contributed by atoms with Gasteiger partial charge in [-0.25, -0.2) is 4.98 Å². The first-order chi connectivity index (χ1) is 13.6. The molecule has 1 fully saturated rings. The molecule has 3 aromatic rings. The van der Waals surface area contributed by atoms with Crippen molar-refractivity contribution >= 4 is 28.5 Å². The fraction of sp³-hybridized carbons (Fsp3) is 0.364. The van der Waals surface area contributed by atoms with Crippen molar-refractivity contribution in [2.75, 3.05) is 13.1 Å². The van der Waals surface area contributed by atoms with E-state index in [9.17, 15) is 4.79 Å². The minimum absolute atomic E-state index is 0.141. The number of piperidine rings is 1. The number of aromatic nitrogens is 2. The summed E-state index contributed by atoms with van der Waals surface area (Å²) in [5, 5.41) is 0.668. The molecule has 0 N–H and O–H groups in total. The van der Waals surface area contributed by atoms with Crippen LogP contribution in [0.25, 0.3) is 11.0 Å². The zero-order valence-corrected chi connectivity index (χ0v) is 16.7. The van der Waals surface area contributed by atoms with E-state index in [1.54, 1.807) is 12.1 Å². The van der Waals surface area contributed by atoms with Crippen molar-refractivity contribution in [1.82, 2.24) is 14.5 Å². The lowest BCUT2D eigenvalue weighted by Crippen LogP contribution is -2.41. The summed E-state index contributed by atoms with van der Waals surface area (Å²) in [6, 6.07) is 15.1. The van der Waals surface area contributed by atoms with E-state index < -0.39 is 0 Å². The molecule has 0 spiro atoms. The van der Waals surface area contributed by atoms with Crippen molar-refractivity contribution in [1.29, 1.82) is 0 Å². The summed E-state index contributed by atoms with van der Waals surface area (Å²) in [7, 11) is 0. The molecule has 2 aromatic carbocycles. The largest absolute Gasteiger partial charge is 0.486 e. The van der Waals surface area contributed by atoms with Gasteiger partial charge in [0.1, 0.15) is 24.7 Å². The number of imidazole rings is 1. The maximum atomic E-state index is 12.9. The topological polar surface area (TPSA) is 47.4 Å². The predicted octanol–water partition coefficient (Wildman–Crippen LogP) is 4.53. The summed E-state index contributed by atoms with van der Waals surface area (Å²) < 4.78 is 7.87. The Bertz CT molecular complexity index is 968. The summed E-state index contributed by atoms with van der Waals surface area (Å²) >= 11 is 5.93. The second kappa shape index (κ2) is 8.23. The van der Waals surface area contributed by atoms with Crippen LogP contribution in [-0.2, 0) is 17.9 Å². The van der Waals surface area contributed by atoms with E-state index in [0.29, 0.717) is 17.5 Å². The summed E-state index contributed by atoms with van der Waals surface area (Å²) in [5.41, 5.74) is 1.83. The van der Waals surface area contributed by atoms with E-state index in [-0.39, 0.29) is 12.5 Å². The summed E-state index contributed by atoms with van der Waals surface area (Å²) in [4.78, 5) is 19.6. The van der Waals surface area contributed by atoms with Crippen LogP contribution in [0.4, 0.5) is 0 Å². The SMILES string of the molecule is CC1CCCN(C(=O)Cn2c(COc3ccc(Cl)cc3)nc3ccccc32)C1. The third-order valence-electron chi connectivity index (χ3n) is 5.22. The van der Waals surface area contributed by atoms with Gasteiger partial charge in [-0.1, -0.05) is 30.7 Å². The average molecular weight is 398 g/mol. The number of benzene rings is 2. The van der Waals surface area contributed by atoms with E-state index in [2.05, 4.69) is 6.92 Å². The van der Waals surface area contributed by atoms with Crippen LogP contribution in [0.2, 0.25) is 5.02 Å². The molecule has 0 bridgehead atoms. The van der Waals surface area contributed by atoms with Gasteiger partial charge in [0, 0.05) is 18.1 Å². The van der Waals surface area contributed by atoms with Gasteiger partial charge in [0.25, 0.3) is 0 Å². The highest BCUT2D eigenvalue weighted by atomic mass is 35.5. The molecule has 4 rings (SSSR count). The van der Waals surface area contributed by atoms with E-state index in [1.165, 1.54) is 6.42 Å². The molecule has 0 aliphatic carbocycles. The van der Waals surface area contributed by atoms with Gasteiger partial charge in [0.15, 0.2) is 0 Å². The Morgan fingerprint density at radius 2 is 2.00 bits per heavy atom. The quantitative estimate of drug-likeness (QED) is 0.635. The first-order valence-corrected chi connectivity index (χ1v) is 10.1. The highest BCUT2D eigenvalue weighted by molar-refractivity contribution is 6.30. The van der Waals surface area contributed by atoms with Gasteiger partial charge in [-0.3, -0.25) is 4.79 Å². The number of fused-ring (bicyclic) bond motifs is 1. The molecule has 5 nitrogen and oxygen atoms in total. The fourth-order valence-electron chi connectivity index (χ4n) is 3.74. The molecule has 28 heavy (non-hydrogen) atoms. The van der Waals surface area contributed by atoms with Crippen LogP contribution in [0.3, 0.4) is 0 Å². The van der Waals surface area contributed by atoms with Crippen molar-refractivity contribution in [2.45, 2.75) is 32.9 Å². The summed E-state index contributed by atoms with van der Waals surface area (Å²) in [6.07, 6.45) is 2.27. The number of ether oxygens (including phenoxy) is 1. The van der Waals surface area contributed by atoms with Crippen LogP contribution < -0.4 is 4.74 Å². The van der Waals surface area contributed by atoms with Gasteiger partial charge in [0.05, 0.1) is 11.0 Å². The fourth-order valence-corrected chi connectivity index (χ4v) is 3.87. The van der Waals surface area contributed by atoms with Gasteiger partial charge >= 0.3 is 0 Å². The number of halogens is 1. The second-order valence-electron chi connectivity index (χ2n) is 7.43. The van der Waals surface area contributed by atoms with Crippen LogP contribution in [0.1, 0.15) is 25.6 Å². The van der Waals surface area contributed by atoms with Crippen molar-refractivity contribution in [3.63, 3.8) is 0 Å². The lowest BCUT2D eigenvalue weighted by Gasteiger charge is -2.31. The first-order valence-electron chi connectivity index (χ1n) is 9.70. The maximum Gasteiger partial charge on any atom is 0.242 e. The highest BCUT2D eigenvalue weighted by Crippen LogP contribution is 2.21. The highest BCUT2D eigenvalue weighted by Gasteiger charge is 2.23. The second-order valence-corrected chi connectivity index (χ2v) is 7.87. The van der Waals surface area contributed by atoms with Crippen molar-refractivity contribution in [2.24, 2.45) is 5.92 Å². The molecule has 6 heteroatoms. The molecular formula is C22H24ClN3O2. The number of hydrogen-bond donors (Lipinski definition) is 0. The Labute approximate surface area is 169 Å². The normalized spacial score (nSPS) is 17.1. The molecule has 2 heterocycles. The summed E-state index contributed by atoms with van der Waals surface area (Å²) in [5.74, 6) is 2.17. The Morgan fingerprint density at radius 1 is 1.21 bits per heavy atom. The third-order valence-corrected chi connectivity index (χ3v) is 5.47. The molecule has 1 aromatic heterocycles. The molecule has 1 aliphatic heterocycles. The number of rotatable bonds is 5. The van der Waals surface area contributed by atoms with Crippen molar-refractivity contribution in [3.8, 4) is 5.75 Å². The van der Waals surface area contributed by atoms with Gasteiger partial charge < -0.3 is 14.2 Å². The number of nitrogens with zero attached hydrogens (tertiary/aromatic N) is 3. The number of hydrogen-bond acceptors (Lipinski definition) is 3. The molecule has 1 saturated heterocycles. The number of carbonyl (C=O) groups excluding carboxylic acids is 1. The van der Waals surface area contributed by atoms with Crippen LogP contribution in [-0.4, -0.2) is 33.4 Å². The van der Waals surface area contributed by atoms with E-state index in [4.69, 9.17) is 21.3 Å². The zero-order chi connectivity index (χ0) is 19.5. The van der Waals surface area contributed by atoms with Crippen LogP contribution in [0.15, 0.2) is 48.5 Å². The smallest absolute Gasteiger partial charge is 0.242 e. The maximum absolute atomic E-state index is 12.9. The first kappa shape index (κ1) is 18.8. The number of amides is 1. The van der Waals surface area contributed by atoms with Crippen molar-refractivity contribution < 1.29 is 9.53 Å². The van der Waals surface area contributed by atoms with E-state index >= 15 is 0 Å². The number of carbonyl (C=O) groups is 1. The average Bonchev–Trinajstić information content (AvgIpc) is 3.05. The molecule has 1 atom stereocenters. The Morgan fingerprint density at radius 3 is 2.79 bits per heavy atom. The standard InChI is InChI=1S/C22H24ClN3O2/c1-16-5-4-12-25(13-16)22(27)14-26-20-7-3-2-6-19(20)24-21(26)15-28-18-10-8-17(23)9-11-18/h2-3,6-11,16H,4-5,12-15H2,1H3. The number of para-hydroxylation sites is 2. The minimum Gasteiger partial charge on any atom is -0.486 e. The lowest BCUT2D eigenvalue weighted by molar-refractivity contribution is -0.133. The molecule has 1 aliphatic rings. The Balaban J connectivity index is 1.56. The predicted molar refractivity (Wildman–Crippen MR) is 110 cm³/mol. The number of likely N-dealkylation sites (tertiary alicyclic amines) is 1. The van der Waals surface area contributed by atoms with Crippen LogP contribution in [0, 0.1) is 5.92 Å². The van der Waals surface area contributed by atoms with E-state index in [0.717, 1.165) is 42.1 Å². The molecule has 1 unspecified atom stereocenters. The zero-order valence-electron chi connectivity index (χ0n) is 16.0. The molecule has 0 saturated carbocycles. The van der Waals surface area contributed by atoms with E-state index in [1.807, 2.05) is 45.9 Å². The van der Waals surface area contributed by atoms with Crippen LogP contribution in [0.5, 0.6) is 5.75 Å². The van der Waals surface area contributed by atoms with Crippen LogP contribution >= 0.6 is 11.6 Å². The van der Waals surface area contributed by atoms with Crippen molar-refractivity contribution in [3.05, 3.63) is 59.4 Å².